The van der Waals surface area contributed by atoms with Gasteiger partial charge >= 0.3 is 11.9 Å². The average molecular weight is 661 g/mol. The lowest BCUT2D eigenvalue weighted by Gasteiger charge is -2.39. The van der Waals surface area contributed by atoms with E-state index in [4.69, 9.17) is 18.9 Å². The third-order valence-electron chi connectivity index (χ3n) is 8.74. The van der Waals surface area contributed by atoms with Crippen LogP contribution in [-0.2, 0) is 28.5 Å². The number of aliphatic hydroxyl groups excluding tert-OH is 4. The first-order valence-corrected chi connectivity index (χ1v) is 18.6. The van der Waals surface area contributed by atoms with Gasteiger partial charge in [0, 0.05) is 12.8 Å². The van der Waals surface area contributed by atoms with Gasteiger partial charge in [-0.1, -0.05) is 136 Å². The molecule has 4 N–H and O–H groups in total. The molecule has 0 aromatic heterocycles. The molecule has 0 aromatic carbocycles. The Morgan fingerprint density at radius 2 is 1.02 bits per heavy atom. The quantitative estimate of drug-likeness (QED) is 0.0512. The van der Waals surface area contributed by atoms with Gasteiger partial charge in [0.1, 0.15) is 31.0 Å². The third-order valence-corrected chi connectivity index (χ3v) is 8.74. The molecule has 0 unspecified atom stereocenters. The van der Waals surface area contributed by atoms with Crippen LogP contribution in [0.5, 0.6) is 0 Å². The molecule has 1 aliphatic heterocycles. The first-order chi connectivity index (χ1) is 22.3. The molecule has 0 saturated carbocycles. The molecule has 10 heteroatoms. The van der Waals surface area contributed by atoms with Gasteiger partial charge in [0.15, 0.2) is 12.4 Å². The number of rotatable bonds is 30. The lowest BCUT2D eigenvalue weighted by Crippen LogP contribution is -2.59. The summed E-state index contributed by atoms with van der Waals surface area (Å²) in [5.41, 5.74) is 0. The molecule has 6 atom stereocenters. The van der Waals surface area contributed by atoms with Gasteiger partial charge in [0.2, 0.25) is 0 Å². The summed E-state index contributed by atoms with van der Waals surface area (Å²) >= 11 is 0. The number of carbonyl (C=O) groups excluding carboxylic acids is 2. The van der Waals surface area contributed by atoms with Crippen molar-refractivity contribution in [2.45, 2.75) is 198 Å². The number of hydrogen-bond acceptors (Lipinski definition) is 10. The summed E-state index contributed by atoms with van der Waals surface area (Å²) in [6, 6.07) is 0. The van der Waals surface area contributed by atoms with Crippen LogP contribution < -0.4 is 0 Å². The second-order valence-electron chi connectivity index (χ2n) is 13.0. The molecule has 0 bridgehead atoms. The standard InChI is InChI=1S/C36H68O10/c1-3-5-7-9-11-13-14-15-16-17-19-20-22-24-31(38)43-27-29(45-32(39)25-23-21-18-12-10-8-6-4-2)28-44-36-35(42)34(41)33(40)30(26-37)46-36/h29-30,33-37,40-42H,3-28H2,1-2H3/t29-,30-,33+,34+,35-,36-/m1/s1. The van der Waals surface area contributed by atoms with Gasteiger partial charge in [-0.2, -0.15) is 0 Å². The van der Waals surface area contributed by atoms with Crippen molar-refractivity contribution in [3.8, 4) is 0 Å². The second kappa shape index (κ2) is 28.7. The summed E-state index contributed by atoms with van der Waals surface area (Å²) in [5.74, 6) is -0.805. The van der Waals surface area contributed by atoms with Crippen molar-refractivity contribution in [3.05, 3.63) is 0 Å². The lowest BCUT2D eigenvalue weighted by atomic mass is 9.99. The van der Waals surface area contributed by atoms with Crippen LogP contribution in [0, 0.1) is 0 Å². The van der Waals surface area contributed by atoms with E-state index < -0.39 is 49.4 Å². The fraction of sp³-hybridized carbons (Fsp3) is 0.944. The third kappa shape index (κ3) is 20.8. The van der Waals surface area contributed by atoms with E-state index in [2.05, 4.69) is 13.8 Å². The second-order valence-corrected chi connectivity index (χ2v) is 13.0. The Morgan fingerprint density at radius 3 is 1.48 bits per heavy atom. The normalized spacial score (nSPS) is 22.1. The fourth-order valence-corrected chi connectivity index (χ4v) is 5.72. The first-order valence-electron chi connectivity index (χ1n) is 18.6. The van der Waals surface area contributed by atoms with E-state index in [1.807, 2.05) is 0 Å². The number of hydrogen-bond donors (Lipinski definition) is 4. The monoisotopic (exact) mass is 660 g/mol. The fourth-order valence-electron chi connectivity index (χ4n) is 5.72. The Balaban J connectivity index is 2.38. The zero-order valence-electron chi connectivity index (χ0n) is 29.1. The highest BCUT2D eigenvalue weighted by atomic mass is 16.7. The molecular formula is C36H68O10. The molecule has 46 heavy (non-hydrogen) atoms. The molecule has 0 aromatic rings. The Kier molecular flexibility index (Phi) is 26.6. The van der Waals surface area contributed by atoms with Crippen LogP contribution in [0.1, 0.15) is 162 Å². The minimum atomic E-state index is -1.59. The minimum Gasteiger partial charge on any atom is -0.462 e. The number of unbranched alkanes of at least 4 members (excludes halogenated alkanes) is 19. The topological polar surface area (TPSA) is 152 Å². The van der Waals surface area contributed by atoms with Gasteiger partial charge in [-0.25, -0.2) is 0 Å². The largest absolute Gasteiger partial charge is 0.462 e. The zero-order valence-corrected chi connectivity index (χ0v) is 29.1. The van der Waals surface area contributed by atoms with E-state index in [-0.39, 0.29) is 32.0 Å². The van der Waals surface area contributed by atoms with Gasteiger partial charge < -0.3 is 39.4 Å². The van der Waals surface area contributed by atoms with Crippen LogP contribution in [0.15, 0.2) is 0 Å². The molecule has 1 aliphatic rings. The van der Waals surface area contributed by atoms with Crippen LogP contribution in [0.4, 0.5) is 0 Å². The molecule has 272 valence electrons. The van der Waals surface area contributed by atoms with Crippen molar-refractivity contribution in [2.75, 3.05) is 19.8 Å². The smallest absolute Gasteiger partial charge is 0.306 e. The average Bonchev–Trinajstić information content (AvgIpc) is 3.05. The van der Waals surface area contributed by atoms with E-state index in [9.17, 15) is 30.0 Å². The zero-order chi connectivity index (χ0) is 33.8. The van der Waals surface area contributed by atoms with Crippen LogP contribution in [-0.4, -0.2) is 89.0 Å². The summed E-state index contributed by atoms with van der Waals surface area (Å²) < 4.78 is 22.0. The van der Waals surface area contributed by atoms with Crippen molar-refractivity contribution < 1.29 is 49.0 Å². The highest BCUT2D eigenvalue weighted by Gasteiger charge is 2.44. The summed E-state index contributed by atoms with van der Waals surface area (Å²) in [6.07, 6.45) is 17.0. The van der Waals surface area contributed by atoms with Gasteiger partial charge in [0.25, 0.3) is 0 Å². The van der Waals surface area contributed by atoms with E-state index in [0.717, 1.165) is 38.5 Å². The van der Waals surface area contributed by atoms with Gasteiger partial charge in [-0.05, 0) is 12.8 Å². The van der Waals surface area contributed by atoms with E-state index in [1.165, 1.54) is 89.9 Å². The van der Waals surface area contributed by atoms with Crippen molar-refractivity contribution in [3.63, 3.8) is 0 Å². The summed E-state index contributed by atoms with van der Waals surface area (Å²) in [6.45, 7) is 3.37. The summed E-state index contributed by atoms with van der Waals surface area (Å²) in [7, 11) is 0. The van der Waals surface area contributed by atoms with Gasteiger partial charge in [0.05, 0.1) is 13.2 Å². The van der Waals surface area contributed by atoms with Crippen molar-refractivity contribution in [2.24, 2.45) is 0 Å². The molecular weight excluding hydrogens is 592 g/mol. The Bertz CT molecular complexity index is 734. The molecule has 0 spiro atoms. The predicted molar refractivity (Wildman–Crippen MR) is 178 cm³/mol. The molecule has 1 fully saturated rings. The molecule has 1 rings (SSSR count). The van der Waals surface area contributed by atoms with Crippen molar-refractivity contribution >= 4 is 11.9 Å². The SMILES string of the molecule is CCCCCCCCCCCCCCCC(=O)OC[C@H](CO[C@@H]1O[C@H](CO)[C@H](O)[C@H](O)[C@H]1O)OC(=O)CCCCCCCCCC. The number of ether oxygens (including phenoxy) is 4. The molecule has 10 nitrogen and oxygen atoms in total. The molecule has 0 aliphatic carbocycles. The van der Waals surface area contributed by atoms with E-state index >= 15 is 0 Å². The predicted octanol–water partition coefficient (Wildman–Crippen LogP) is 6.27. The van der Waals surface area contributed by atoms with Crippen LogP contribution in [0.3, 0.4) is 0 Å². The molecule has 1 saturated heterocycles. The summed E-state index contributed by atoms with van der Waals surface area (Å²) in [4.78, 5) is 25.0. The first kappa shape index (κ1) is 42.7. The van der Waals surface area contributed by atoms with Crippen molar-refractivity contribution in [1.29, 1.82) is 0 Å². The van der Waals surface area contributed by atoms with E-state index in [1.54, 1.807) is 0 Å². The highest BCUT2D eigenvalue weighted by molar-refractivity contribution is 5.70. The minimum absolute atomic E-state index is 0.210. The molecule has 0 radical (unpaired) electrons. The van der Waals surface area contributed by atoms with Crippen LogP contribution in [0.2, 0.25) is 0 Å². The van der Waals surface area contributed by atoms with E-state index in [0.29, 0.717) is 6.42 Å². The number of aliphatic hydroxyl groups is 4. The maximum Gasteiger partial charge on any atom is 0.306 e. The van der Waals surface area contributed by atoms with Gasteiger partial charge in [-0.3, -0.25) is 9.59 Å². The Hall–Kier alpha value is -1.30. The Morgan fingerprint density at radius 1 is 0.587 bits per heavy atom. The van der Waals surface area contributed by atoms with Gasteiger partial charge in [-0.15, -0.1) is 0 Å². The number of carbonyl (C=O) groups is 2. The van der Waals surface area contributed by atoms with Crippen molar-refractivity contribution in [1.82, 2.24) is 0 Å². The van der Waals surface area contributed by atoms with Crippen LogP contribution >= 0.6 is 0 Å². The summed E-state index contributed by atoms with van der Waals surface area (Å²) in [5, 5.41) is 39.8. The highest BCUT2D eigenvalue weighted by Crippen LogP contribution is 2.22. The maximum absolute atomic E-state index is 12.6. The molecule has 1 heterocycles. The maximum atomic E-state index is 12.6. The van der Waals surface area contributed by atoms with Crippen LogP contribution in [0.25, 0.3) is 0 Å². The molecule has 0 amide bonds. The lowest BCUT2D eigenvalue weighted by molar-refractivity contribution is -0.305. The Labute approximate surface area is 278 Å². The number of esters is 2.